The van der Waals surface area contributed by atoms with Gasteiger partial charge in [-0.15, -0.1) is 0 Å². The van der Waals surface area contributed by atoms with Gasteiger partial charge >= 0.3 is 0 Å². The standard InChI is InChI=1S/C17H14O/c1-2-17(18)13-10-14-8-11-16(12-9-14)15-6-4-3-5-7-15/h3-9,11-12H,2H2,1H3. The molecule has 2 aromatic carbocycles. The molecule has 0 unspecified atom stereocenters. The van der Waals surface area contributed by atoms with Crippen molar-refractivity contribution < 1.29 is 4.79 Å². The molecule has 2 rings (SSSR count). The second-order valence-electron chi connectivity index (χ2n) is 3.97. The summed E-state index contributed by atoms with van der Waals surface area (Å²) >= 11 is 0. The Hall–Kier alpha value is -2.33. The van der Waals surface area contributed by atoms with Crippen molar-refractivity contribution in [3.8, 4) is 23.0 Å². The van der Waals surface area contributed by atoms with E-state index in [9.17, 15) is 4.79 Å². The van der Waals surface area contributed by atoms with Crippen LogP contribution in [0.4, 0.5) is 0 Å². The summed E-state index contributed by atoms with van der Waals surface area (Å²) < 4.78 is 0. The monoisotopic (exact) mass is 234 g/mol. The van der Waals surface area contributed by atoms with Crippen LogP contribution in [0.1, 0.15) is 18.9 Å². The van der Waals surface area contributed by atoms with Crippen LogP contribution in [0.25, 0.3) is 11.1 Å². The van der Waals surface area contributed by atoms with E-state index in [2.05, 4.69) is 24.0 Å². The molecule has 2 aromatic rings. The summed E-state index contributed by atoms with van der Waals surface area (Å²) in [5.74, 6) is 5.47. The van der Waals surface area contributed by atoms with E-state index in [4.69, 9.17) is 0 Å². The molecule has 0 amide bonds. The molecular weight excluding hydrogens is 220 g/mol. The van der Waals surface area contributed by atoms with E-state index in [1.165, 1.54) is 5.56 Å². The number of benzene rings is 2. The van der Waals surface area contributed by atoms with E-state index >= 15 is 0 Å². The van der Waals surface area contributed by atoms with Crippen LogP contribution in [0, 0.1) is 11.8 Å². The van der Waals surface area contributed by atoms with Crippen molar-refractivity contribution in [2.75, 3.05) is 0 Å². The van der Waals surface area contributed by atoms with Crippen LogP contribution in [-0.2, 0) is 4.79 Å². The minimum Gasteiger partial charge on any atom is -0.285 e. The highest BCUT2D eigenvalue weighted by Crippen LogP contribution is 2.18. The topological polar surface area (TPSA) is 17.1 Å². The van der Waals surface area contributed by atoms with E-state index in [1.54, 1.807) is 0 Å². The number of carbonyl (C=O) groups excluding carboxylic acids is 1. The van der Waals surface area contributed by atoms with Crippen molar-refractivity contribution in [2.24, 2.45) is 0 Å². The molecule has 0 bridgehead atoms. The third kappa shape index (κ3) is 3.09. The Morgan fingerprint density at radius 1 is 0.944 bits per heavy atom. The lowest BCUT2D eigenvalue weighted by Gasteiger charge is -2.00. The van der Waals surface area contributed by atoms with Crippen LogP contribution in [0.15, 0.2) is 54.6 Å². The van der Waals surface area contributed by atoms with Crippen molar-refractivity contribution >= 4 is 5.78 Å². The fourth-order valence-corrected chi connectivity index (χ4v) is 1.61. The van der Waals surface area contributed by atoms with Crippen molar-refractivity contribution in [1.82, 2.24) is 0 Å². The van der Waals surface area contributed by atoms with Crippen LogP contribution >= 0.6 is 0 Å². The summed E-state index contributed by atoms with van der Waals surface area (Å²) in [4.78, 5) is 11.1. The smallest absolute Gasteiger partial charge is 0.205 e. The van der Waals surface area contributed by atoms with Gasteiger partial charge in [0.1, 0.15) is 0 Å². The molecular formula is C17H14O. The SMILES string of the molecule is CCC(=O)C#Cc1ccc(-c2ccccc2)cc1. The lowest BCUT2D eigenvalue weighted by Crippen LogP contribution is -1.88. The molecule has 0 saturated heterocycles. The van der Waals surface area contributed by atoms with Crippen LogP contribution < -0.4 is 0 Å². The molecule has 0 atom stereocenters. The second-order valence-corrected chi connectivity index (χ2v) is 3.97. The van der Waals surface area contributed by atoms with Gasteiger partial charge in [0.25, 0.3) is 0 Å². The fourth-order valence-electron chi connectivity index (χ4n) is 1.61. The van der Waals surface area contributed by atoms with Gasteiger partial charge in [0.15, 0.2) is 0 Å². The van der Waals surface area contributed by atoms with Crippen LogP contribution in [-0.4, -0.2) is 5.78 Å². The number of rotatable bonds is 2. The van der Waals surface area contributed by atoms with Gasteiger partial charge in [-0.05, 0) is 29.2 Å². The fraction of sp³-hybridized carbons (Fsp3) is 0.118. The van der Waals surface area contributed by atoms with Crippen LogP contribution in [0.5, 0.6) is 0 Å². The molecule has 18 heavy (non-hydrogen) atoms. The predicted octanol–water partition coefficient (Wildman–Crippen LogP) is 3.68. The van der Waals surface area contributed by atoms with Crippen LogP contribution in [0.2, 0.25) is 0 Å². The average molecular weight is 234 g/mol. The Kier molecular flexibility index (Phi) is 3.94. The summed E-state index contributed by atoms with van der Waals surface area (Å²) in [6.07, 6.45) is 0.467. The Morgan fingerprint density at radius 3 is 2.17 bits per heavy atom. The van der Waals surface area contributed by atoms with Crippen LogP contribution in [0.3, 0.4) is 0 Å². The summed E-state index contributed by atoms with van der Waals surface area (Å²) in [7, 11) is 0. The Morgan fingerprint density at radius 2 is 1.56 bits per heavy atom. The second kappa shape index (κ2) is 5.84. The number of hydrogen-bond acceptors (Lipinski definition) is 1. The highest BCUT2D eigenvalue weighted by atomic mass is 16.1. The summed E-state index contributed by atoms with van der Waals surface area (Å²) in [5.41, 5.74) is 3.21. The average Bonchev–Trinajstić information content (AvgIpc) is 2.46. The zero-order valence-electron chi connectivity index (χ0n) is 10.3. The number of hydrogen-bond donors (Lipinski definition) is 0. The molecule has 88 valence electrons. The summed E-state index contributed by atoms with van der Waals surface area (Å²) in [5, 5.41) is 0. The molecule has 0 aliphatic heterocycles. The number of carbonyl (C=O) groups is 1. The maximum absolute atomic E-state index is 11.1. The maximum atomic E-state index is 11.1. The van der Waals surface area contributed by atoms with Crippen molar-refractivity contribution in [3.63, 3.8) is 0 Å². The van der Waals surface area contributed by atoms with Crippen molar-refractivity contribution in [2.45, 2.75) is 13.3 Å². The molecule has 0 aromatic heterocycles. The Bertz CT molecular complexity index is 583. The minimum absolute atomic E-state index is 0.0258. The largest absolute Gasteiger partial charge is 0.285 e. The van der Waals surface area contributed by atoms with Crippen molar-refractivity contribution in [3.05, 3.63) is 60.2 Å². The Labute approximate surface area is 107 Å². The lowest BCUT2D eigenvalue weighted by atomic mass is 10.0. The first kappa shape index (κ1) is 12.1. The molecule has 0 aliphatic carbocycles. The van der Waals surface area contributed by atoms with E-state index in [1.807, 2.05) is 49.4 Å². The third-order valence-corrected chi connectivity index (χ3v) is 2.66. The maximum Gasteiger partial charge on any atom is 0.205 e. The zero-order valence-corrected chi connectivity index (χ0v) is 10.3. The third-order valence-electron chi connectivity index (χ3n) is 2.66. The molecule has 0 spiro atoms. The normalized spacial score (nSPS) is 9.39. The first-order valence-electron chi connectivity index (χ1n) is 6.00. The van der Waals surface area contributed by atoms with Gasteiger partial charge in [0.05, 0.1) is 0 Å². The first-order valence-corrected chi connectivity index (χ1v) is 6.00. The van der Waals surface area contributed by atoms with Gasteiger partial charge < -0.3 is 0 Å². The van der Waals surface area contributed by atoms with E-state index in [0.717, 1.165) is 11.1 Å². The number of Topliss-reactive ketones (excluding diaryl/α,β-unsaturated/α-hetero) is 1. The minimum atomic E-state index is -0.0258. The van der Waals surface area contributed by atoms with Gasteiger partial charge in [-0.25, -0.2) is 0 Å². The van der Waals surface area contributed by atoms with Gasteiger partial charge in [-0.1, -0.05) is 55.3 Å². The lowest BCUT2D eigenvalue weighted by molar-refractivity contribution is -0.113. The van der Waals surface area contributed by atoms with Gasteiger partial charge in [0, 0.05) is 12.0 Å². The molecule has 0 radical (unpaired) electrons. The van der Waals surface area contributed by atoms with E-state index in [0.29, 0.717) is 6.42 Å². The molecule has 0 saturated carbocycles. The Balaban J connectivity index is 2.20. The zero-order chi connectivity index (χ0) is 12.8. The molecule has 1 heteroatoms. The predicted molar refractivity (Wildman–Crippen MR) is 74.1 cm³/mol. The van der Waals surface area contributed by atoms with Gasteiger partial charge in [-0.3, -0.25) is 4.79 Å². The summed E-state index contributed by atoms with van der Waals surface area (Å²) in [6.45, 7) is 1.81. The molecule has 0 aliphatic rings. The summed E-state index contributed by atoms with van der Waals surface area (Å²) in [6, 6.07) is 18.1. The first-order chi connectivity index (χ1) is 8.79. The van der Waals surface area contributed by atoms with E-state index < -0.39 is 0 Å². The number of ketones is 1. The van der Waals surface area contributed by atoms with Crippen molar-refractivity contribution in [1.29, 1.82) is 0 Å². The van der Waals surface area contributed by atoms with E-state index in [-0.39, 0.29) is 5.78 Å². The molecule has 0 N–H and O–H groups in total. The highest BCUT2D eigenvalue weighted by molar-refractivity contribution is 5.95. The van der Waals surface area contributed by atoms with Gasteiger partial charge in [-0.2, -0.15) is 0 Å². The molecule has 0 heterocycles. The highest BCUT2D eigenvalue weighted by Gasteiger charge is 1.96. The quantitative estimate of drug-likeness (QED) is 0.724. The molecule has 1 nitrogen and oxygen atoms in total. The van der Waals surface area contributed by atoms with Gasteiger partial charge in [0.2, 0.25) is 5.78 Å². The molecule has 0 fully saturated rings.